The van der Waals surface area contributed by atoms with Gasteiger partial charge >= 0.3 is 0 Å². The minimum atomic E-state index is -0.487. The van der Waals surface area contributed by atoms with Gasteiger partial charge in [0, 0.05) is 17.7 Å². The monoisotopic (exact) mass is 349 g/mol. The molecule has 130 valence electrons. The zero-order valence-electron chi connectivity index (χ0n) is 13.7. The maximum absolute atomic E-state index is 12.0. The molecule has 1 aromatic heterocycles. The number of carbonyl (C=O) groups excluding carboxylic acids is 1. The lowest BCUT2D eigenvalue weighted by molar-refractivity contribution is -0.385. The molecule has 2 aromatic carbocycles. The number of rotatable bonds is 6. The van der Waals surface area contributed by atoms with Crippen LogP contribution < -0.4 is 5.32 Å². The number of oxazole rings is 1. The van der Waals surface area contributed by atoms with Crippen LogP contribution in [0.25, 0.3) is 17.4 Å². The third kappa shape index (κ3) is 4.02. The third-order valence-electron chi connectivity index (χ3n) is 3.65. The molecule has 26 heavy (non-hydrogen) atoms. The summed E-state index contributed by atoms with van der Waals surface area (Å²) >= 11 is 0. The minimum absolute atomic E-state index is 0.0561. The van der Waals surface area contributed by atoms with Gasteiger partial charge in [0.05, 0.1) is 17.0 Å². The summed E-state index contributed by atoms with van der Waals surface area (Å²) in [6.07, 6.45) is 3.99. The van der Waals surface area contributed by atoms with E-state index in [4.69, 9.17) is 4.42 Å². The topological polar surface area (TPSA) is 98.3 Å². The van der Waals surface area contributed by atoms with Gasteiger partial charge < -0.3 is 9.73 Å². The van der Waals surface area contributed by atoms with Gasteiger partial charge in [-0.25, -0.2) is 4.98 Å². The fourth-order valence-electron chi connectivity index (χ4n) is 2.41. The van der Waals surface area contributed by atoms with Crippen LogP contribution in [0.15, 0.2) is 71.5 Å². The number of hydrogen-bond acceptors (Lipinski definition) is 5. The molecule has 1 heterocycles. The Kier molecular flexibility index (Phi) is 5.19. The van der Waals surface area contributed by atoms with E-state index in [0.717, 1.165) is 5.56 Å². The van der Waals surface area contributed by atoms with Crippen LogP contribution in [-0.2, 0) is 11.3 Å². The van der Waals surface area contributed by atoms with Crippen molar-refractivity contribution >= 4 is 17.7 Å². The number of hydrogen-bond donors (Lipinski definition) is 1. The number of nitrogens with one attached hydrogen (secondary N) is 1. The molecule has 3 aromatic rings. The number of aromatic nitrogens is 1. The molecule has 0 aliphatic rings. The molecule has 7 nitrogen and oxygen atoms in total. The van der Waals surface area contributed by atoms with Gasteiger partial charge in [0.25, 0.3) is 5.69 Å². The molecule has 1 N–H and O–H groups in total. The highest BCUT2D eigenvalue weighted by Gasteiger charge is 2.12. The first-order valence-electron chi connectivity index (χ1n) is 7.82. The SMILES string of the molecule is O=C(C=Cc1ccccc1[N+](=O)[O-])NCc1ncoc1-c1ccccc1. The maximum Gasteiger partial charge on any atom is 0.276 e. The largest absolute Gasteiger partial charge is 0.443 e. The zero-order chi connectivity index (χ0) is 18.4. The number of nitro benzene ring substituents is 1. The zero-order valence-corrected chi connectivity index (χ0v) is 13.7. The van der Waals surface area contributed by atoms with Gasteiger partial charge in [0.1, 0.15) is 5.69 Å². The van der Waals surface area contributed by atoms with Gasteiger partial charge in [-0.1, -0.05) is 42.5 Å². The Labute approximate surface area is 149 Å². The first-order chi connectivity index (χ1) is 12.6. The standard InChI is InChI=1S/C19H15N3O4/c23-18(11-10-14-6-4-5-9-17(14)22(24)25)20-12-16-19(26-13-21-16)15-7-2-1-3-8-15/h1-11,13H,12H2,(H,20,23). The van der Waals surface area contributed by atoms with E-state index in [9.17, 15) is 14.9 Å². The Balaban J connectivity index is 1.66. The number of benzene rings is 2. The Hall–Kier alpha value is -3.74. The first-order valence-corrected chi connectivity index (χ1v) is 7.82. The summed E-state index contributed by atoms with van der Waals surface area (Å²) < 4.78 is 5.40. The van der Waals surface area contributed by atoms with E-state index in [1.54, 1.807) is 18.2 Å². The molecule has 0 atom stereocenters. The lowest BCUT2D eigenvalue weighted by Crippen LogP contribution is -2.20. The Morgan fingerprint density at radius 1 is 1.15 bits per heavy atom. The smallest absolute Gasteiger partial charge is 0.276 e. The van der Waals surface area contributed by atoms with Crippen LogP contribution in [0.5, 0.6) is 0 Å². The quantitative estimate of drug-likeness (QED) is 0.417. The molecule has 0 spiro atoms. The average molecular weight is 349 g/mol. The van der Waals surface area contributed by atoms with Crippen LogP contribution in [0.2, 0.25) is 0 Å². The van der Waals surface area contributed by atoms with Crippen LogP contribution in [0.4, 0.5) is 5.69 Å². The average Bonchev–Trinajstić information content (AvgIpc) is 3.14. The van der Waals surface area contributed by atoms with Crippen molar-refractivity contribution in [2.24, 2.45) is 0 Å². The molecule has 0 aliphatic heterocycles. The number of nitro groups is 1. The van der Waals surface area contributed by atoms with E-state index in [1.165, 1.54) is 24.6 Å². The molecule has 0 saturated heterocycles. The molecular formula is C19H15N3O4. The summed E-state index contributed by atoms with van der Waals surface area (Å²) in [6, 6.07) is 15.7. The second-order valence-electron chi connectivity index (χ2n) is 5.36. The van der Waals surface area contributed by atoms with Crippen LogP contribution in [0, 0.1) is 10.1 Å². The summed E-state index contributed by atoms with van der Waals surface area (Å²) in [5.74, 6) is 0.207. The van der Waals surface area contributed by atoms with Gasteiger partial charge in [-0.2, -0.15) is 0 Å². The molecule has 0 fully saturated rings. The predicted octanol–water partition coefficient (Wildman–Crippen LogP) is 3.58. The van der Waals surface area contributed by atoms with Crippen molar-refractivity contribution in [1.82, 2.24) is 10.3 Å². The Morgan fingerprint density at radius 3 is 2.65 bits per heavy atom. The number of nitrogens with zero attached hydrogens (tertiary/aromatic N) is 2. The summed E-state index contributed by atoms with van der Waals surface area (Å²) in [5, 5.41) is 13.7. The van der Waals surface area contributed by atoms with E-state index >= 15 is 0 Å². The van der Waals surface area contributed by atoms with Crippen molar-refractivity contribution in [3.05, 3.63) is 88.4 Å². The number of amides is 1. The molecule has 0 bridgehead atoms. The number of para-hydroxylation sites is 1. The second kappa shape index (κ2) is 7.89. The fraction of sp³-hybridized carbons (Fsp3) is 0.0526. The molecule has 0 saturated carbocycles. The van der Waals surface area contributed by atoms with E-state index in [0.29, 0.717) is 17.0 Å². The van der Waals surface area contributed by atoms with Gasteiger partial charge in [-0.15, -0.1) is 0 Å². The lowest BCUT2D eigenvalue weighted by atomic mass is 10.1. The Bertz CT molecular complexity index is 948. The summed E-state index contributed by atoms with van der Waals surface area (Å²) in [6.45, 7) is 0.181. The molecule has 7 heteroatoms. The second-order valence-corrected chi connectivity index (χ2v) is 5.36. The van der Waals surface area contributed by atoms with Crippen molar-refractivity contribution < 1.29 is 14.1 Å². The van der Waals surface area contributed by atoms with Gasteiger partial charge in [0.15, 0.2) is 12.2 Å². The molecular weight excluding hydrogens is 334 g/mol. The molecule has 3 rings (SSSR count). The summed E-state index contributed by atoms with van der Waals surface area (Å²) in [7, 11) is 0. The van der Waals surface area contributed by atoms with E-state index in [-0.39, 0.29) is 18.1 Å². The van der Waals surface area contributed by atoms with Crippen molar-refractivity contribution in [2.45, 2.75) is 6.54 Å². The van der Waals surface area contributed by atoms with E-state index < -0.39 is 4.92 Å². The third-order valence-corrected chi connectivity index (χ3v) is 3.65. The van der Waals surface area contributed by atoms with Crippen molar-refractivity contribution in [3.63, 3.8) is 0 Å². The maximum atomic E-state index is 12.0. The summed E-state index contributed by atoms with van der Waals surface area (Å²) in [5.41, 5.74) is 1.77. The lowest BCUT2D eigenvalue weighted by Gasteiger charge is -2.02. The molecule has 0 aliphatic carbocycles. The van der Waals surface area contributed by atoms with Crippen LogP contribution in [0.1, 0.15) is 11.3 Å². The highest BCUT2D eigenvalue weighted by atomic mass is 16.6. The van der Waals surface area contributed by atoms with Crippen LogP contribution in [-0.4, -0.2) is 15.8 Å². The van der Waals surface area contributed by atoms with Crippen LogP contribution in [0.3, 0.4) is 0 Å². The van der Waals surface area contributed by atoms with Crippen LogP contribution >= 0.6 is 0 Å². The van der Waals surface area contributed by atoms with Crippen molar-refractivity contribution in [2.75, 3.05) is 0 Å². The highest BCUT2D eigenvalue weighted by Crippen LogP contribution is 2.22. The predicted molar refractivity (Wildman–Crippen MR) is 95.9 cm³/mol. The van der Waals surface area contributed by atoms with Crippen molar-refractivity contribution in [1.29, 1.82) is 0 Å². The van der Waals surface area contributed by atoms with Gasteiger partial charge in [-0.05, 0) is 12.1 Å². The van der Waals surface area contributed by atoms with E-state index in [2.05, 4.69) is 10.3 Å². The fourth-order valence-corrected chi connectivity index (χ4v) is 2.41. The van der Waals surface area contributed by atoms with E-state index in [1.807, 2.05) is 30.3 Å². The van der Waals surface area contributed by atoms with Gasteiger partial charge in [-0.3, -0.25) is 14.9 Å². The Morgan fingerprint density at radius 2 is 1.88 bits per heavy atom. The van der Waals surface area contributed by atoms with Crippen molar-refractivity contribution in [3.8, 4) is 11.3 Å². The molecule has 0 unspecified atom stereocenters. The molecule has 1 amide bonds. The number of carbonyl (C=O) groups is 1. The minimum Gasteiger partial charge on any atom is -0.443 e. The summed E-state index contributed by atoms with van der Waals surface area (Å²) in [4.78, 5) is 26.6. The van der Waals surface area contributed by atoms with Gasteiger partial charge in [0.2, 0.25) is 5.91 Å². The molecule has 0 radical (unpaired) electrons. The highest BCUT2D eigenvalue weighted by molar-refractivity contribution is 5.92. The first kappa shape index (κ1) is 17.1. The normalized spacial score (nSPS) is 10.8.